The van der Waals surface area contributed by atoms with Crippen LogP contribution in [0.25, 0.3) is 0 Å². The molecule has 0 saturated heterocycles. The monoisotopic (exact) mass is 301 g/mol. The molecule has 1 rings (SSSR count). The predicted molar refractivity (Wildman–Crippen MR) is 72.9 cm³/mol. The van der Waals surface area contributed by atoms with E-state index in [-0.39, 0.29) is 0 Å². The van der Waals surface area contributed by atoms with Crippen molar-refractivity contribution >= 4 is 67.9 Å². The van der Waals surface area contributed by atoms with Crippen molar-refractivity contribution in [2.75, 3.05) is 0 Å². The summed E-state index contributed by atoms with van der Waals surface area (Å²) >= 11 is 22.0. The fourth-order valence-electron chi connectivity index (χ4n) is 0.679. The van der Waals surface area contributed by atoms with Gasteiger partial charge in [-0.15, -0.1) is 0 Å². The van der Waals surface area contributed by atoms with Crippen LogP contribution in [0.5, 0.6) is 0 Å². The van der Waals surface area contributed by atoms with E-state index in [0.29, 0.717) is 0 Å². The zero-order chi connectivity index (χ0) is 9.90. The van der Waals surface area contributed by atoms with E-state index in [1.807, 2.05) is 34.9 Å². The fourth-order valence-corrected chi connectivity index (χ4v) is 18.8. The minimum absolute atomic E-state index is 0.909. The third-order valence-electron chi connectivity index (χ3n) is 1.15. The van der Waals surface area contributed by atoms with E-state index in [9.17, 15) is 0 Å². The van der Waals surface area contributed by atoms with E-state index in [2.05, 4.69) is 0 Å². The van der Waals surface area contributed by atoms with Crippen molar-refractivity contribution in [3.05, 3.63) is 30.6 Å². The summed E-state index contributed by atoms with van der Waals surface area (Å²) in [5.74, 6) is 0. The molecule has 0 spiro atoms. The van der Waals surface area contributed by atoms with Crippen LogP contribution in [0.15, 0.2) is 30.6 Å². The third kappa shape index (κ3) is 4.08. The molecule has 0 fully saturated rings. The van der Waals surface area contributed by atoms with Gasteiger partial charge in [0.2, 0.25) is 0 Å². The number of aromatic nitrogens is 1. The molecule has 0 aliphatic heterocycles. The van der Waals surface area contributed by atoms with Gasteiger partial charge in [-0.1, -0.05) is 6.07 Å². The van der Waals surface area contributed by atoms with Crippen molar-refractivity contribution in [1.29, 1.82) is 0 Å². The molecule has 1 heterocycles. The van der Waals surface area contributed by atoms with Gasteiger partial charge in [-0.3, -0.25) is 0 Å². The lowest BCUT2D eigenvalue weighted by Gasteiger charge is -2.17. The first kappa shape index (κ1) is 12.3. The van der Waals surface area contributed by atoms with E-state index in [0.717, 1.165) is 0 Å². The Morgan fingerprint density at radius 1 is 1.23 bits per heavy atom. The van der Waals surface area contributed by atoms with Gasteiger partial charge in [0, 0.05) is 12.1 Å². The lowest BCUT2D eigenvalue weighted by molar-refractivity contribution is -0.504. The van der Waals surface area contributed by atoms with Crippen molar-refractivity contribution < 1.29 is 4.34 Å². The quantitative estimate of drug-likeness (QED) is 0.622. The van der Waals surface area contributed by atoms with Gasteiger partial charge in [0.05, 0.1) is 4.67 Å². The Hall–Kier alpha value is 1.24. The molecule has 13 heavy (non-hydrogen) atoms. The van der Waals surface area contributed by atoms with Crippen LogP contribution in [-0.2, 0) is 47.7 Å². The minimum atomic E-state index is -2.03. The zero-order valence-electron chi connectivity index (χ0n) is 6.27. The van der Waals surface area contributed by atoms with Gasteiger partial charge in [0.1, 0.15) is 4.59 Å². The molecule has 1 aromatic rings. The molecule has 0 aliphatic rings. The fraction of sp³-hybridized carbons (Fsp3) is 0. The molecule has 0 N–H and O–H groups in total. The Morgan fingerprint density at radius 3 is 2.23 bits per heavy atom. The summed E-state index contributed by atoms with van der Waals surface area (Å²) in [6.45, 7) is 0. The van der Waals surface area contributed by atoms with E-state index >= 15 is 0 Å². The van der Waals surface area contributed by atoms with Gasteiger partial charge < -0.3 is 12.2 Å². The Bertz CT molecular complexity index is 393. The molecule has 1 aromatic heterocycles. The highest BCUT2D eigenvalue weighted by Crippen LogP contribution is 2.60. The molecular formula is C5H5NP2S5. The number of nitrogens with zero attached hydrogens (tertiary/aromatic N) is 1. The molecular weight excluding hydrogens is 296 g/mol. The van der Waals surface area contributed by atoms with Gasteiger partial charge in [-0.25, -0.2) is 0 Å². The molecule has 1 nitrogen and oxygen atoms in total. The largest absolute Gasteiger partial charge is 0.665 e. The average molecular weight is 301 g/mol. The second kappa shape index (κ2) is 5.36. The number of pyridine rings is 1. The summed E-state index contributed by atoms with van der Waals surface area (Å²) in [5.41, 5.74) is 0. The van der Waals surface area contributed by atoms with Crippen LogP contribution in [0.3, 0.4) is 0 Å². The Balaban J connectivity index is 3.01. The molecule has 0 aromatic carbocycles. The van der Waals surface area contributed by atoms with Crippen molar-refractivity contribution in [2.45, 2.75) is 0 Å². The smallest absolute Gasteiger partial charge is 0.169 e. The second-order valence-electron chi connectivity index (χ2n) is 2.03. The van der Waals surface area contributed by atoms with E-state index in [1.165, 1.54) is 11.0 Å². The summed E-state index contributed by atoms with van der Waals surface area (Å²) in [6.07, 6.45) is 3.76. The van der Waals surface area contributed by atoms with Crippen molar-refractivity contribution in [3.8, 4) is 0 Å². The average Bonchev–Trinajstić information content (AvgIpc) is 2.04. The van der Waals surface area contributed by atoms with Crippen molar-refractivity contribution in [2.24, 2.45) is 0 Å². The van der Waals surface area contributed by atoms with Crippen LogP contribution < -0.4 is 4.34 Å². The molecule has 0 radical (unpaired) electrons. The lowest BCUT2D eigenvalue weighted by Crippen LogP contribution is -2.25. The second-order valence-corrected chi connectivity index (χ2v) is 18.2. The Kier molecular flexibility index (Phi) is 5.07. The normalized spacial score (nSPS) is 14.8. The maximum absolute atomic E-state index is 5.32. The van der Waals surface area contributed by atoms with E-state index in [1.54, 1.807) is 0 Å². The summed E-state index contributed by atoms with van der Waals surface area (Å²) < 4.78 is -1.07. The lowest BCUT2D eigenvalue weighted by atomic mass is 10.5. The van der Waals surface area contributed by atoms with E-state index in [4.69, 9.17) is 47.7 Å². The molecule has 1 atom stereocenters. The molecule has 0 aliphatic carbocycles. The van der Waals surface area contributed by atoms with Gasteiger partial charge in [0.25, 0.3) is 0 Å². The summed E-state index contributed by atoms with van der Waals surface area (Å²) in [5, 5.41) is 0. The Morgan fingerprint density at radius 2 is 1.77 bits per heavy atom. The highest BCUT2D eigenvalue weighted by molar-refractivity contribution is 9.08. The van der Waals surface area contributed by atoms with Gasteiger partial charge in [-0.2, -0.15) is 4.34 Å². The standard InChI is InChI=1S/C5H5NP2S5/c9-7(10)13-8(11,12)6-4-2-1-3-5-6/h1-5H. The zero-order valence-corrected chi connectivity index (χ0v) is 12.1. The van der Waals surface area contributed by atoms with Crippen LogP contribution in [0.1, 0.15) is 0 Å². The molecule has 0 bridgehead atoms. The number of rotatable bonds is 3. The van der Waals surface area contributed by atoms with Gasteiger partial charge in [0.15, 0.2) is 12.4 Å². The van der Waals surface area contributed by atoms with Crippen LogP contribution >= 0.6 is 20.3 Å². The molecule has 0 amide bonds. The van der Waals surface area contributed by atoms with Gasteiger partial charge in [-0.05, 0) is 46.4 Å². The maximum Gasteiger partial charge on any atom is 0.169 e. The first-order valence-corrected chi connectivity index (χ1v) is 12.3. The maximum atomic E-state index is 5.32. The van der Waals surface area contributed by atoms with Crippen LogP contribution in [0, 0.1) is 0 Å². The SMILES string of the molecule is S=P(=S)SP(=S)([S-])[n+]1ccccc1. The van der Waals surface area contributed by atoms with Crippen LogP contribution in [0.4, 0.5) is 0 Å². The van der Waals surface area contributed by atoms with Crippen LogP contribution in [-0.4, -0.2) is 0 Å². The molecule has 8 heteroatoms. The van der Waals surface area contributed by atoms with Crippen molar-refractivity contribution in [3.63, 3.8) is 0 Å². The summed E-state index contributed by atoms with van der Waals surface area (Å²) in [7, 11) is 0. The highest BCUT2D eigenvalue weighted by atomic mass is 33.4. The molecule has 0 saturated carbocycles. The van der Waals surface area contributed by atoms with Crippen molar-refractivity contribution in [1.82, 2.24) is 0 Å². The molecule has 70 valence electrons. The predicted octanol–water partition coefficient (Wildman–Crippen LogP) is 2.65. The topological polar surface area (TPSA) is 3.88 Å². The number of hydrogen-bond acceptors (Lipinski definition) is 5. The minimum Gasteiger partial charge on any atom is -0.665 e. The first-order valence-electron chi connectivity index (χ1n) is 3.15. The first-order chi connectivity index (χ1) is 6.02. The van der Waals surface area contributed by atoms with Gasteiger partial charge >= 0.3 is 0 Å². The third-order valence-corrected chi connectivity index (χ3v) is 15.3. The molecule has 1 unspecified atom stereocenters. The van der Waals surface area contributed by atoms with E-state index < -0.39 is 9.27 Å². The summed E-state index contributed by atoms with van der Waals surface area (Å²) in [6, 6.07) is 5.74. The number of hydrogen-bond donors (Lipinski definition) is 0. The Labute approximate surface area is 102 Å². The summed E-state index contributed by atoms with van der Waals surface area (Å²) in [4.78, 5) is 0. The highest BCUT2D eigenvalue weighted by Gasteiger charge is 2.12. The van der Waals surface area contributed by atoms with Crippen LogP contribution in [0.2, 0.25) is 0 Å².